The fourth-order valence-corrected chi connectivity index (χ4v) is 2.79. The zero-order valence-electron chi connectivity index (χ0n) is 13.0. The van der Waals surface area contributed by atoms with Gasteiger partial charge in [0, 0.05) is 5.92 Å². The van der Waals surface area contributed by atoms with Gasteiger partial charge in [0.15, 0.2) is 0 Å². The second kappa shape index (κ2) is 6.23. The molecule has 0 aliphatic carbocycles. The fourth-order valence-electron chi connectivity index (χ4n) is 2.79. The molecule has 0 bridgehead atoms. The summed E-state index contributed by atoms with van der Waals surface area (Å²) in [7, 11) is 0. The van der Waals surface area contributed by atoms with Gasteiger partial charge in [-0.2, -0.15) is 0 Å². The lowest BCUT2D eigenvalue weighted by Crippen LogP contribution is -2.10. The van der Waals surface area contributed by atoms with E-state index >= 15 is 0 Å². The maximum absolute atomic E-state index is 5.86. The van der Waals surface area contributed by atoms with Gasteiger partial charge in [0.1, 0.15) is 0 Å². The Labute approximate surface area is 122 Å². The zero-order valence-corrected chi connectivity index (χ0v) is 13.0. The highest BCUT2D eigenvalue weighted by molar-refractivity contribution is 5.42. The molecular formula is C19H25N. The Bertz CT molecular complexity index is 599. The topological polar surface area (TPSA) is 26.0 Å². The van der Waals surface area contributed by atoms with Crippen LogP contribution in [0.4, 0.5) is 0 Å². The smallest absolute Gasteiger partial charge is 0.0104 e. The van der Waals surface area contributed by atoms with Gasteiger partial charge < -0.3 is 5.73 Å². The van der Waals surface area contributed by atoms with Crippen LogP contribution in [0.2, 0.25) is 0 Å². The Hall–Kier alpha value is -1.60. The SMILES string of the molecule is Cc1ccc(C)c(C(CCN)c2ccc(C)c(C)c2)c1. The van der Waals surface area contributed by atoms with E-state index < -0.39 is 0 Å². The van der Waals surface area contributed by atoms with E-state index in [4.69, 9.17) is 5.73 Å². The summed E-state index contributed by atoms with van der Waals surface area (Å²) in [6.45, 7) is 9.41. The third kappa shape index (κ3) is 3.10. The first-order chi connectivity index (χ1) is 9.52. The summed E-state index contributed by atoms with van der Waals surface area (Å²) in [5, 5.41) is 0. The molecule has 2 aromatic carbocycles. The molecule has 0 spiro atoms. The molecule has 1 unspecified atom stereocenters. The van der Waals surface area contributed by atoms with E-state index in [0.29, 0.717) is 12.5 Å². The highest BCUT2D eigenvalue weighted by atomic mass is 14.5. The van der Waals surface area contributed by atoms with Gasteiger partial charge in [-0.1, -0.05) is 42.0 Å². The van der Waals surface area contributed by atoms with Crippen LogP contribution in [0.5, 0.6) is 0 Å². The molecule has 0 aliphatic rings. The van der Waals surface area contributed by atoms with Crippen LogP contribution in [0, 0.1) is 27.7 Å². The molecule has 20 heavy (non-hydrogen) atoms. The summed E-state index contributed by atoms with van der Waals surface area (Å²) in [6.07, 6.45) is 0.993. The van der Waals surface area contributed by atoms with Crippen molar-refractivity contribution in [2.75, 3.05) is 6.54 Å². The van der Waals surface area contributed by atoms with Crippen molar-refractivity contribution in [2.45, 2.75) is 40.0 Å². The summed E-state index contributed by atoms with van der Waals surface area (Å²) in [5.74, 6) is 0.402. The molecule has 1 atom stereocenters. The standard InChI is InChI=1S/C19H25N/c1-13-5-6-15(3)19(11-13)18(9-10-20)17-8-7-14(2)16(4)12-17/h5-8,11-12,18H,9-10,20H2,1-4H3. The molecule has 2 rings (SSSR count). The van der Waals surface area contributed by atoms with Crippen LogP contribution in [0.1, 0.15) is 45.7 Å². The maximum Gasteiger partial charge on any atom is 0.0104 e. The number of hydrogen-bond donors (Lipinski definition) is 1. The highest BCUT2D eigenvalue weighted by Crippen LogP contribution is 2.31. The van der Waals surface area contributed by atoms with Crippen molar-refractivity contribution >= 4 is 0 Å². The minimum absolute atomic E-state index is 0.402. The lowest BCUT2D eigenvalue weighted by Gasteiger charge is -2.21. The van der Waals surface area contributed by atoms with E-state index in [2.05, 4.69) is 64.1 Å². The Morgan fingerprint density at radius 3 is 2.20 bits per heavy atom. The molecular weight excluding hydrogens is 242 g/mol. The zero-order chi connectivity index (χ0) is 14.7. The van der Waals surface area contributed by atoms with Crippen molar-refractivity contribution in [1.29, 1.82) is 0 Å². The van der Waals surface area contributed by atoms with Crippen LogP contribution in [-0.2, 0) is 0 Å². The molecule has 106 valence electrons. The number of rotatable bonds is 4. The first-order valence-corrected chi connectivity index (χ1v) is 7.37. The van der Waals surface area contributed by atoms with Crippen LogP contribution in [-0.4, -0.2) is 6.54 Å². The van der Waals surface area contributed by atoms with E-state index in [1.807, 2.05) is 0 Å². The first-order valence-electron chi connectivity index (χ1n) is 7.37. The summed E-state index contributed by atoms with van der Waals surface area (Å²) < 4.78 is 0. The van der Waals surface area contributed by atoms with Crippen LogP contribution >= 0.6 is 0 Å². The predicted molar refractivity (Wildman–Crippen MR) is 87.3 cm³/mol. The average Bonchev–Trinajstić information content (AvgIpc) is 2.42. The number of aryl methyl sites for hydroxylation is 4. The summed E-state index contributed by atoms with van der Waals surface area (Å²) in [6, 6.07) is 13.5. The van der Waals surface area contributed by atoms with E-state index in [0.717, 1.165) is 6.42 Å². The van der Waals surface area contributed by atoms with Crippen molar-refractivity contribution in [2.24, 2.45) is 5.73 Å². The molecule has 0 radical (unpaired) electrons. The molecule has 0 amide bonds. The normalized spacial score (nSPS) is 12.4. The lowest BCUT2D eigenvalue weighted by molar-refractivity contribution is 0.720. The summed E-state index contributed by atoms with van der Waals surface area (Å²) in [5.41, 5.74) is 14.0. The lowest BCUT2D eigenvalue weighted by atomic mass is 9.84. The van der Waals surface area contributed by atoms with Crippen LogP contribution in [0.15, 0.2) is 36.4 Å². The first kappa shape index (κ1) is 14.8. The molecule has 0 saturated carbocycles. The Morgan fingerprint density at radius 1 is 0.850 bits per heavy atom. The van der Waals surface area contributed by atoms with Crippen LogP contribution in [0.3, 0.4) is 0 Å². The van der Waals surface area contributed by atoms with Gasteiger partial charge in [0.25, 0.3) is 0 Å². The van der Waals surface area contributed by atoms with E-state index in [1.165, 1.54) is 33.4 Å². The average molecular weight is 267 g/mol. The summed E-state index contributed by atoms with van der Waals surface area (Å²) in [4.78, 5) is 0. The van der Waals surface area contributed by atoms with Crippen molar-refractivity contribution < 1.29 is 0 Å². The number of hydrogen-bond acceptors (Lipinski definition) is 1. The molecule has 0 aromatic heterocycles. The number of benzene rings is 2. The van der Waals surface area contributed by atoms with Gasteiger partial charge in [-0.05, 0) is 68.5 Å². The molecule has 0 saturated heterocycles. The third-order valence-electron chi connectivity index (χ3n) is 4.20. The largest absolute Gasteiger partial charge is 0.330 e. The molecule has 1 heteroatoms. The van der Waals surface area contributed by atoms with Gasteiger partial charge in [-0.15, -0.1) is 0 Å². The van der Waals surface area contributed by atoms with Crippen molar-refractivity contribution in [3.63, 3.8) is 0 Å². The molecule has 0 aliphatic heterocycles. The Morgan fingerprint density at radius 2 is 1.55 bits per heavy atom. The molecule has 0 heterocycles. The molecule has 2 aromatic rings. The van der Waals surface area contributed by atoms with Crippen LogP contribution in [0.25, 0.3) is 0 Å². The van der Waals surface area contributed by atoms with Gasteiger partial charge in [0.05, 0.1) is 0 Å². The van der Waals surface area contributed by atoms with Gasteiger partial charge in [-0.25, -0.2) is 0 Å². The van der Waals surface area contributed by atoms with Crippen molar-refractivity contribution in [1.82, 2.24) is 0 Å². The monoisotopic (exact) mass is 267 g/mol. The maximum atomic E-state index is 5.86. The summed E-state index contributed by atoms with van der Waals surface area (Å²) >= 11 is 0. The minimum Gasteiger partial charge on any atom is -0.330 e. The van der Waals surface area contributed by atoms with Crippen molar-refractivity contribution in [3.05, 3.63) is 69.8 Å². The second-order valence-electron chi connectivity index (χ2n) is 5.83. The highest BCUT2D eigenvalue weighted by Gasteiger charge is 2.16. The second-order valence-corrected chi connectivity index (χ2v) is 5.83. The number of nitrogens with two attached hydrogens (primary N) is 1. The minimum atomic E-state index is 0.402. The van der Waals surface area contributed by atoms with Crippen molar-refractivity contribution in [3.8, 4) is 0 Å². The van der Waals surface area contributed by atoms with Crippen LogP contribution < -0.4 is 5.73 Å². The van der Waals surface area contributed by atoms with Gasteiger partial charge in [0.2, 0.25) is 0 Å². The molecule has 2 N–H and O–H groups in total. The Balaban J connectivity index is 2.49. The molecule has 0 fully saturated rings. The van der Waals surface area contributed by atoms with E-state index in [-0.39, 0.29) is 0 Å². The van der Waals surface area contributed by atoms with E-state index in [9.17, 15) is 0 Å². The quantitative estimate of drug-likeness (QED) is 0.873. The third-order valence-corrected chi connectivity index (χ3v) is 4.20. The predicted octanol–water partition coefficient (Wildman–Crippen LogP) is 4.40. The van der Waals surface area contributed by atoms with Gasteiger partial charge >= 0.3 is 0 Å². The van der Waals surface area contributed by atoms with E-state index in [1.54, 1.807) is 0 Å². The Kier molecular flexibility index (Phi) is 4.61. The molecule has 1 nitrogen and oxygen atoms in total. The fraction of sp³-hybridized carbons (Fsp3) is 0.368. The van der Waals surface area contributed by atoms with Gasteiger partial charge in [-0.3, -0.25) is 0 Å².